The molecule has 1 atom stereocenters. The number of aromatic nitrogens is 2. The first-order valence-electron chi connectivity index (χ1n) is 5.67. The Morgan fingerprint density at radius 1 is 1.60 bits per heavy atom. The van der Waals surface area contributed by atoms with Gasteiger partial charge in [0.1, 0.15) is 5.78 Å². The Bertz CT molecular complexity index is 393. The highest BCUT2D eigenvalue weighted by molar-refractivity contribution is 5.81. The molecule has 0 N–H and O–H groups in total. The summed E-state index contributed by atoms with van der Waals surface area (Å²) in [6, 6.07) is 0. The summed E-state index contributed by atoms with van der Waals surface area (Å²) in [5.74, 6) is 0.648. The summed E-state index contributed by atoms with van der Waals surface area (Å²) in [6.45, 7) is 4.04. The zero-order valence-corrected chi connectivity index (χ0v) is 9.71. The molecule has 2 rings (SSSR count). The maximum atomic E-state index is 11.7. The van der Waals surface area contributed by atoms with Gasteiger partial charge in [-0.25, -0.2) is 0 Å². The molecule has 0 bridgehead atoms. The van der Waals surface area contributed by atoms with E-state index in [9.17, 15) is 4.79 Å². The second kappa shape index (κ2) is 3.80. The highest BCUT2D eigenvalue weighted by Crippen LogP contribution is 2.28. The second-order valence-electron chi connectivity index (χ2n) is 4.39. The van der Waals surface area contributed by atoms with E-state index in [1.165, 1.54) is 17.0 Å². The van der Waals surface area contributed by atoms with Gasteiger partial charge >= 0.3 is 0 Å². The maximum absolute atomic E-state index is 11.7. The number of carbonyl (C=O) groups is 1. The number of aryl methyl sites for hydroxylation is 2. The second-order valence-corrected chi connectivity index (χ2v) is 4.39. The van der Waals surface area contributed by atoms with E-state index in [0.717, 1.165) is 19.3 Å². The SMILES string of the molecule is CCC(=O)C1CCc2nn(C)c(C)c2C1. The summed E-state index contributed by atoms with van der Waals surface area (Å²) in [7, 11) is 1.98. The van der Waals surface area contributed by atoms with Gasteiger partial charge in [0, 0.05) is 25.1 Å². The molecule has 0 spiro atoms. The lowest BCUT2D eigenvalue weighted by atomic mass is 9.83. The number of fused-ring (bicyclic) bond motifs is 1. The Kier molecular flexibility index (Phi) is 2.63. The molecule has 0 aromatic carbocycles. The van der Waals surface area contributed by atoms with Gasteiger partial charge in [0.2, 0.25) is 0 Å². The Balaban J connectivity index is 2.26. The van der Waals surface area contributed by atoms with E-state index in [-0.39, 0.29) is 5.92 Å². The third-order valence-corrected chi connectivity index (χ3v) is 3.53. The summed E-state index contributed by atoms with van der Waals surface area (Å²) < 4.78 is 1.93. The van der Waals surface area contributed by atoms with E-state index in [1.54, 1.807) is 0 Å². The molecule has 1 aliphatic rings. The predicted octanol–water partition coefficient (Wildman–Crippen LogP) is 1.81. The van der Waals surface area contributed by atoms with Crippen molar-refractivity contribution in [3.63, 3.8) is 0 Å². The van der Waals surface area contributed by atoms with Crippen molar-refractivity contribution < 1.29 is 4.79 Å². The highest BCUT2D eigenvalue weighted by atomic mass is 16.1. The number of Topliss-reactive ketones (excluding diaryl/α,β-unsaturated/α-hetero) is 1. The molecule has 1 aliphatic carbocycles. The van der Waals surface area contributed by atoms with Crippen molar-refractivity contribution >= 4 is 5.78 Å². The lowest BCUT2D eigenvalue weighted by molar-refractivity contribution is -0.122. The van der Waals surface area contributed by atoms with Gasteiger partial charge in [0.15, 0.2) is 0 Å². The lowest BCUT2D eigenvalue weighted by Crippen LogP contribution is -2.21. The van der Waals surface area contributed by atoms with Crippen LogP contribution in [0.4, 0.5) is 0 Å². The van der Waals surface area contributed by atoms with Gasteiger partial charge in [-0.2, -0.15) is 5.10 Å². The van der Waals surface area contributed by atoms with E-state index in [2.05, 4.69) is 12.0 Å². The van der Waals surface area contributed by atoms with Crippen molar-refractivity contribution in [2.24, 2.45) is 13.0 Å². The third-order valence-electron chi connectivity index (χ3n) is 3.53. The standard InChI is InChI=1S/C12H18N2O/c1-4-12(15)9-5-6-11-10(7-9)8(2)14(3)13-11/h9H,4-7H2,1-3H3. The van der Waals surface area contributed by atoms with E-state index < -0.39 is 0 Å². The molecule has 0 radical (unpaired) electrons. The maximum Gasteiger partial charge on any atom is 0.136 e. The Labute approximate surface area is 90.5 Å². The molecule has 15 heavy (non-hydrogen) atoms. The van der Waals surface area contributed by atoms with Crippen molar-refractivity contribution in [3.8, 4) is 0 Å². The summed E-state index contributed by atoms with van der Waals surface area (Å²) >= 11 is 0. The highest BCUT2D eigenvalue weighted by Gasteiger charge is 2.26. The van der Waals surface area contributed by atoms with Crippen LogP contribution in [0.15, 0.2) is 0 Å². The van der Waals surface area contributed by atoms with Crippen LogP contribution in [0.25, 0.3) is 0 Å². The van der Waals surface area contributed by atoms with Gasteiger partial charge in [-0.1, -0.05) is 6.92 Å². The zero-order valence-electron chi connectivity index (χ0n) is 9.71. The van der Waals surface area contributed by atoms with Gasteiger partial charge in [0.25, 0.3) is 0 Å². The van der Waals surface area contributed by atoms with E-state index >= 15 is 0 Å². The summed E-state index contributed by atoms with van der Waals surface area (Å²) in [6.07, 6.45) is 3.52. The summed E-state index contributed by atoms with van der Waals surface area (Å²) in [5.41, 5.74) is 3.74. The average molecular weight is 206 g/mol. The van der Waals surface area contributed by atoms with Gasteiger partial charge in [-0.15, -0.1) is 0 Å². The number of nitrogens with zero attached hydrogens (tertiary/aromatic N) is 2. The van der Waals surface area contributed by atoms with Crippen molar-refractivity contribution in [2.45, 2.75) is 39.5 Å². The topological polar surface area (TPSA) is 34.9 Å². The predicted molar refractivity (Wildman–Crippen MR) is 58.8 cm³/mol. The van der Waals surface area contributed by atoms with Gasteiger partial charge in [-0.3, -0.25) is 9.48 Å². The van der Waals surface area contributed by atoms with Gasteiger partial charge in [0.05, 0.1) is 5.69 Å². The number of ketones is 1. The summed E-state index contributed by atoms with van der Waals surface area (Å²) in [5, 5.41) is 4.48. The minimum atomic E-state index is 0.241. The fourth-order valence-electron chi connectivity index (χ4n) is 2.41. The first-order valence-corrected chi connectivity index (χ1v) is 5.67. The van der Waals surface area contributed by atoms with Gasteiger partial charge < -0.3 is 0 Å². The lowest BCUT2D eigenvalue weighted by Gasteiger charge is -2.20. The van der Waals surface area contributed by atoms with Crippen LogP contribution in [0.5, 0.6) is 0 Å². The molecular weight excluding hydrogens is 188 g/mol. The third kappa shape index (κ3) is 1.71. The normalized spacial score (nSPS) is 20.1. The van der Waals surface area contributed by atoms with Crippen LogP contribution < -0.4 is 0 Å². The van der Waals surface area contributed by atoms with Crippen molar-refractivity contribution in [1.29, 1.82) is 0 Å². The Hall–Kier alpha value is -1.12. The minimum absolute atomic E-state index is 0.241. The molecule has 0 fully saturated rings. The van der Waals surface area contributed by atoms with Crippen molar-refractivity contribution in [2.75, 3.05) is 0 Å². The van der Waals surface area contributed by atoms with E-state index in [0.29, 0.717) is 12.2 Å². The van der Waals surface area contributed by atoms with Crippen LogP contribution in [-0.2, 0) is 24.7 Å². The summed E-state index contributed by atoms with van der Waals surface area (Å²) in [4.78, 5) is 11.7. The number of carbonyl (C=O) groups excluding carboxylic acids is 1. The number of hydrogen-bond acceptors (Lipinski definition) is 2. The fraction of sp³-hybridized carbons (Fsp3) is 0.667. The Morgan fingerprint density at radius 3 is 3.00 bits per heavy atom. The molecule has 1 aromatic rings. The molecule has 0 amide bonds. The molecule has 1 unspecified atom stereocenters. The van der Waals surface area contributed by atoms with Crippen molar-refractivity contribution in [3.05, 3.63) is 17.0 Å². The van der Waals surface area contributed by atoms with E-state index in [4.69, 9.17) is 0 Å². The smallest absolute Gasteiger partial charge is 0.136 e. The van der Waals surface area contributed by atoms with E-state index in [1.807, 2.05) is 18.7 Å². The quantitative estimate of drug-likeness (QED) is 0.739. The van der Waals surface area contributed by atoms with Crippen LogP contribution in [0, 0.1) is 12.8 Å². The molecule has 0 aliphatic heterocycles. The largest absolute Gasteiger partial charge is 0.299 e. The molecule has 82 valence electrons. The molecule has 0 saturated heterocycles. The molecule has 0 saturated carbocycles. The molecule has 1 aromatic heterocycles. The van der Waals surface area contributed by atoms with Crippen LogP contribution in [0.2, 0.25) is 0 Å². The molecule has 3 nitrogen and oxygen atoms in total. The average Bonchev–Trinajstić information content (AvgIpc) is 2.54. The van der Waals surface area contributed by atoms with Crippen LogP contribution in [0.1, 0.15) is 36.7 Å². The monoisotopic (exact) mass is 206 g/mol. The van der Waals surface area contributed by atoms with Crippen LogP contribution >= 0.6 is 0 Å². The number of hydrogen-bond donors (Lipinski definition) is 0. The first-order chi connectivity index (χ1) is 7.13. The zero-order chi connectivity index (χ0) is 11.0. The van der Waals surface area contributed by atoms with Gasteiger partial charge in [-0.05, 0) is 31.7 Å². The fourth-order valence-corrected chi connectivity index (χ4v) is 2.41. The van der Waals surface area contributed by atoms with Crippen molar-refractivity contribution in [1.82, 2.24) is 9.78 Å². The van der Waals surface area contributed by atoms with Crippen LogP contribution in [0.3, 0.4) is 0 Å². The minimum Gasteiger partial charge on any atom is -0.299 e. The molecule has 3 heteroatoms. The first kappa shape index (κ1) is 10.4. The molecule has 1 heterocycles. The molecular formula is C12H18N2O. The Morgan fingerprint density at radius 2 is 2.33 bits per heavy atom. The number of rotatable bonds is 2. The van der Waals surface area contributed by atoms with Crippen LogP contribution in [-0.4, -0.2) is 15.6 Å².